The van der Waals surface area contributed by atoms with Gasteiger partial charge in [0.05, 0.1) is 0 Å². The van der Waals surface area contributed by atoms with Crippen molar-refractivity contribution in [3.05, 3.63) is 30.1 Å². The molecule has 18 heavy (non-hydrogen) atoms. The lowest BCUT2D eigenvalue weighted by molar-refractivity contribution is 0.220. The summed E-state index contributed by atoms with van der Waals surface area (Å²) in [5, 5.41) is 3.64. The van der Waals surface area contributed by atoms with Gasteiger partial charge >= 0.3 is 0 Å². The molecule has 0 bridgehead atoms. The van der Waals surface area contributed by atoms with Crippen LogP contribution in [0.3, 0.4) is 0 Å². The Bertz CT molecular complexity index is 339. The van der Waals surface area contributed by atoms with Crippen LogP contribution in [0.5, 0.6) is 0 Å². The van der Waals surface area contributed by atoms with Gasteiger partial charge < -0.3 is 10.2 Å². The number of nitrogens with zero attached hydrogens (tertiary/aromatic N) is 2. The van der Waals surface area contributed by atoms with Crippen molar-refractivity contribution in [2.45, 2.75) is 38.8 Å². The van der Waals surface area contributed by atoms with Gasteiger partial charge in [-0.05, 0) is 44.0 Å². The van der Waals surface area contributed by atoms with Crippen LogP contribution in [-0.2, 0) is 6.54 Å². The summed E-state index contributed by atoms with van der Waals surface area (Å²) in [7, 11) is 2.20. The first-order valence-electron chi connectivity index (χ1n) is 7.08. The summed E-state index contributed by atoms with van der Waals surface area (Å²) in [6, 6.07) is 4.81. The quantitative estimate of drug-likeness (QED) is 0.865. The molecule has 0 radical (unpaired) electrons. The van der Waals surface area contributed by atoms with Gasteiger partial charge in [-0.3, -0.25) is 4.98 Å². The molecular formula is C15H25N3. The van der Waals surface area contributed by atoms with Crippen molar-refractivity contribution in [3.8, 4) is 0 Å². The summed E-state index contributed by atoms with van der Waals surface area (Å²) >= 11 is 0. The lowest BCUT2D eigenvalue weighted by Crippen LogP contribution is -2.44. The van der Waals surface area contributed by atoms with Gasteiger partial charge in [-0.25, -0.2) is 0 Å². The molecule has 0 spiro atoms. The fourth-order valence-electron chi connectivity index (χ4n) is 2.85. The lowest BCUT2D eigenvalue weighted by atomic mass is 9.90. The van der Waals surface area contributed by atoms with Crippen molar-refractivity contribution >= 4 is 0 Å². The van der Waals surface area contributed by atoms with Crippen LogP contribution in [0.25, 0.3) is 0 Å². The van der Waals surface area contributed by atoms with Gasteiger partial charge in [0.25, 0.3) is 0 Å². The van der Waals surface area contributed by atoms with Crippen molar-refractivity contribution in [1.82, 2.24) is 15.2 Å². The molecule has 2 rings (SSSR count). The summed E-state index contributed by atoms with van der Waals surface area (Å²) in [5.74, 6) is 0.919. The molecule has 2 heterocycles. The Morgan fingerprint density at radius 2 is 2.39 bits per heavy atom. The van der Waals surface area contributed by atoms with E-state index in [1.165, 1.54) is 31.4 Å². The third-order valence-electron chi connectivity index (χ3n) is 3.89. The Labute approximate surface area is 111 Å². The number of hydrogen-bond donors (Lipinski definition) is 1. The summed E-state index contributed by atoms with van der Waals surface area (Å²) in [5.41, 5.74) is 1.29. The van der Waals surface area contributed by atoms with Crippen LogP contribution < -0.4 is 5.32 Å². The molecule has 1 fully saturated rings. The number of pyridine rings is 1. The second kappa shape index (κ2) is 6.86. The Balaban J connectivity index is 1.78. The minimum Gasteiger partial charge on any atom is -0.313 e. The zero-order valence-electron chi connectivity index (χ0n) is 11.6. The fourth-order valence-corrected chi connectivity index (χ4v) is 2.85. The predicted octanol–water partition coefficient (Wildman–Crippen LogP) is 2.29. The molecule has 1 N–H and O–H groups in total. The topological polar surface area (TPSA) is 28.2 Å². The lowest BCUT2D eigenvalue weighted by Gasteiger charge is -2.32. The number of likely N-dealkylation sites (N-methyl/N-ethyl adjacent to an activating group) is 1. The molecule has 0 amide bonds. The van der Waals surface area contributed by atoms with Crippen LogP contribution in [0.4, 0.5) is 0 Å². The Morgan fingerprint density at radius 3 is 3.11 bits per heavy atom. The summed E-state index contributed by atoms with van der Waals surface area (Å²) in [4.78, 5) is 6.56. The molecule has 2 unspecified atom stereocenters. The van der Waals surface area contributed by atoms with E-state index in [4.69, 9.17) is 0 Å². The molecule has 1 saturated heterocycles. The monoisotopic (exact) mass is 247 g/mol. The molecule has 0 aromatic carbocycles. The summed E-state index contributed by atoms with van der Waals surface area (Å²) in [6.07, 6.45) is 7.79. The average molecular weight is 247 g/mol. The SMILES string of the molecule is CCC1CCNC(CN(C)Cc2cccnc2)C1. The van der Waals surface area contributed by atoms with E-state index in [2.05, 4.69) is 35.2 Å². The van der Waals surface area contributed by atoms with E-state index in [-0.39, 0.29) is 0 Å². The average Bonchev–Trinajstić information content (AvgIpc) is 2.40. The van der Waals surface area contributed by atoms with Crippen LogP contribution >= 0.6 is 0 Å². The van der Waals surface area contributed by atoms with Crippen molar-refractivity contribution in [1.29, 1.82) is 0 Å². The molecule has 0 aliphatic carbocycles. The van der Waals surface area contributed by atoms with E-state index in [1.807, 2.05) is 18.5 Å². The Morgan fingerprint density at radius 1 is 1.50 bits per heavy atom. The highest BCUT2D eigenvalue weighted by molar-refractivity contribution is 5.08. The normalized spacial score (nSPS) is 24.4. The molecule has 2 atom stereocenters. The highest BCUT2D eigenvalue weighted by Gasteiger charge is 2.21. The van der Waals surface area contributed by atoms with Gasteiger partial charge in [-0.2, -0.15) is 0 Å². The molecule has 1 aliphatic rings. The Hall–Kier alpha value is -0.930. The smallest absolute Gasteiger partial charge is 0.0312 e. The van der Waals surface area contributed by atoms with Gasteiger partial charge in [-0.1, -0.05) is 19.4 Å². The minimum absolute atomic E-state index is 0.658. The van der Waals surface area contributed by atoms with E-state index in [0.29, 0.717) is 6.04 Å². The standard InChI is InChI=1S/C15H25N3/c1-3-13-6-8-17-15(9-13)12-18(2)11-14-5-4-7-16-10-14/h4-5,7,10,13,15,17H,3,6,8-9,11-12H2,1-2H3. The Kier molecular flexibility index (Phi) is 5.14. The predicted molar refractivity (Wildman–Crippen MR) is 75.4 cm³/mol. The van der Waals surface area contributed by atoms with Crippen molar-refractivity contribution < 1.29 is 0 Å². The second-order valence-electron chi connectivity index (χ2n) is 5.51. The van der Waals surface area contributed by atoms with E-state index >= 15 is 0 Å². The first-order chi connectivity index (χ1) is 8.78. The summed E-state index contributed by atoms with van der Waals surface area (Å²) in [6.45, 7) is 5.62. The fraction of sp³-hybridized carbons (Fsp3) is 0.667. The summed E-state index contributed by atoms with van der Waals surface area (Å²) < 4.78 is 0. The molecule has 3 nitrogen and oxygen atoms in total. The van der Waals surface area contributed by atoms with Crippen LogP contribution in [0, 0.1) is 5.92 Å². The maximum atomic E-state index is 4.17. The van der Waals surface area contributed by atoms with Crippen molar-refractivity contribution in [2.75, 3.05) is 20.1 Å². The third-order valence-corrected chi connectivity index (χ3v) is 3.89. The first kappa shape index (κ1) is 13.5. The van der Waals surface area contributed by atoms with Gasteiger partial charge in [0.2, 0.25) is 0 Å². The van der Waals surface area contributed by atoms with E-state index in [9.17, 15) is 0 Å². The zero-order valence-corrected chi connectivity index (χ0v) is 11.6. The van der Waals surface area contributed by atoms with Gasteiger partial charge in [0, 0.05) is 31.5 Å². The van der Waals surface area contributed by atoms with Crippen LogP contribution in [-0.4, -0.2) is 36.1 Å². The molecular weight excluding hydrogens is 222 g/mol. The van der Waals surface area contributed by atoms with Gasteiger partial charge in [-0.15, -0.1) is 0 Å². The molecule has 1 aromatic heterocycles. The maximum absolute atomic E-state index is 4.17. The van der Waals surface area contributed by atoms with Gasteiger partial charge in [0.1, 0.15) is 0 Å². The number of nitrogens with one attached hydrogen (secondary N) is 1. The maximum Gasteiger partial charge on any atom is 0.0312 e. The third kappa shape index (κ3) is 4.07. The zero-order chi connectivity index (χ0) is 12.8. The van der Waals surface area contributed by atoms with Crippen LogP contribution in [0.1, 0.15) is 31.7 Å². The molecule has 0 saturated carbocycles. The first-order valence-corrected chi connectivity index (χ1v) is 7.08. The highest BCUT2D eigenvalue weighted by Crippen LogP contribution is 2.19. The van der Waals surface area contributed by atoms with Crippen molar-refractivity contribution in [2.24, 2.45) is 5.92 Å². The van der Waals surface area contributed by atoms with E-state index in [0.717, 1.165) is 19.0 Å². The number of piperidine rings is 1. The number of hydrogen-bond acceptors (Lipinski definition) is 3. The van der Waals surface area contributed by atoms with E-state index < -0.39 is 0 Å². The van der Waals surface area contributed by atoms with Gasteiger partial charge in [0.15, 0.2) is 0 Å². The molecule has 100 valence electrons. The van der Waals surface area contributed by atoms with Crippen molar-refractivity contribution in [3.63, 3.8) is 0 Å². The number of rotatable bonds is 5. The molecule has 3 heteroatoms. The molecule has 1 aliphatic heterocycles. The molecule has 1 aromatic rings. The van der Waals surface area contributed by atoms with E-state index in [1.54, 1.807) is 0 Å². The highest BCUT2D eigenvalue weighted by atomic mass is 15.1. The minimum atomic E-state index is 0.658. The largest absolute Gasteiger partial charge is 0.313 e. The van der Waals surface area contributed by atoms with Crippen LogP contribution in [0.2, 0.25) is 0 Å². The van der Waals surface area contributed by atoms with Crippen LogP contribution in [0.15, 0.2) is 24.5 Å². The second-order valence-corrected chi connectivity index (χ2v) is 5.51. The number of aromatic nitrogens is 1.